The molecule has 21 heavy (non-hydrogen) atoms. The van der Waals surface area contributed by atoms with Crippen molar-refractivity contribution >= 4 is 5.96 Å². The van der Waals surface area contributed by atoms with Gasteiger partial charge in [-0.25, -0.2) is 0 Å². The molecule has 1 aromatic carbocycles. The first-order valence-corrected chi connectivity index (χ1v) is 6.98. The van der Waals surface area contributed by atoms with E-state index < -0.39 is 0 Å². The number of rotatable bonds is 6. The maximum Gasteiger partial charge on any atom is 0.193 e. The van der Waals surface area contributed by atoms with E-state index in [9.17, 15) is 0 Å². The van der Waals surface area contributed by atoms with Gasteiger partial charge in [0, 0.05) is 37.8 Å². The van der Waals surface area contributed by atoms with E-state index in [4.69, 9.17) is 14.2 Å². The monoisotopic (exact) mass is 293 g/mol. The average Bonchev–Trinajstić information content (AvgIpc) is 2.92. The quantitative estimate of drug-likeness (QED) is 0.852. The Bertz CT molecular complexity index is 492. The number of likely N-dealkylation sites (N-methyl/N-ethyl adjacent to an activating group) is 1. The van der Waals surface area contributed by atoms with Crippen molar-refractivity contribution in [3.63, 3.8) is 0 Å². The van der Waals surface area contributed by atoms with Crippen molar-refractivity contribution in [1.29, 1.82) is 0 Å². The highest BCUT2D eigenvalue weighted by molar-refractivity contribution is 5.81. The Kier molecular flexibility index (Phi) is 5.14. The zero-order chi connectivity index (χ0) is 15.2. The first kappa shape index (κ1) is 15.3. The fourth-order valence-electron chi connectivity index (χ4n) is 2.35. The summed E-state index contributed by atoms with van der Waals surface area (Å²) in [4.78, 5) is 6.52. The molecule has 0 saturated carbocycles. The third-order valence-corrected chi connectivity index (χ3v) is 3.53. The van der Waals surface area contributed by atoms with Gasteiger partial charge in [-0.05, 0) is 6.42 Å². The summed E-state index contributed by atoms with van der Waals surface area (Å²) in [5, 5.41) is 3.34. The van der Waals surface area contributed by atoms with E-state index in [1.807, 2.05) is 19.2 Å². The molecule has 1 heterocycles. The molecule has 0 fully saturated rings. The van der Waals surface area contributed by atoms with Gasteiger partial charge in [0.25, 0.3) is 0 Å². The molecule has 1 N–H and O–H groups in total. The number of aliphatic imine (C=N–C) groups is 1. The number of benzene rings is 1. The number of methoxy groups -OCH3 is 3. The molecule has 0 bridgehead atoms. The summed E-state index contributed by atoms with van der Waals surface area (Å²) in [7, 11) is 6.97. The molecule has 1 aliphatic rings. The van der Waals surface area contributed by atoms with Crippen LogP contribution in [0.5, 0.6) is 17.2 Å². The molecule has 1 aliphatic heterocycles. The van der Waals surface area contributed by atoms with Crippen LogP contribution in [-0.2, 0) is 6.42 Å². The van der Waals surface area contributed by atoms with Crippen LogP contribution >= 0.6 is 0 Å². The van der Waals surface area contributed by atoms with E-state index in [0.717, 1.165) is 54.8 Å². The van der Waals surface area contributed by atoms with Crippen LogP contribution in [0.15, 0.2) is 17.1 Å². The minimum Gasteiger partial charge on any atom is -0.496 e. The van der Waals surface area contributed by atoms with Crippen LogP contribution in [0.1, 0.15) is 5.56 Å². The molecular formula is C15H23N3O3. The Morgan fingerprint density at radius 1 is 1.14 bits per heavy atom. The topological polar surface area (TPSA) is 55.3 Å². The number of ether oxygens (including phenoxy) is 3. The minimum absolute atomic E-state index is 0.723. The second kappa shape index (κ2) is 7.06. The Morgan fingerprint density at radius 2 is 1.81 bits per heavy atom. The van der Waals surface area contributed by atoms with Crippen molar-refractivity contribution in [2.75, 3.05) is 48.0 Å². The predicted molar refractivity (Wildman–Crippen MR) is 82.7 cm³/mol. The van der Waals surface area contributed by atoms with Gasteiger partial charge in [0.15, 0.2) is 5.96 Å². The molecule has 0 amide bonds. The number of hydrogen-bond acceptors (Lipinski definition) is 6. The highest BCUT2D eigenvalue weighted by Gasteiger charge is 2.15. The molecule has 0 aromatic heterocycles. The summed E-state index contributed by atoms with van der Waals surface area (Å²) < 4.78 is 16.1. The first-order valence-electron chi connectivity index (χ1n) is 6.98. The fraction of sp³-hybridized carbons (Fsp3) is 0.533. The summed E-state index contributed by atoms with van der Waals surface area (Å²) in [5.41, 5.74) is 1.02. The summed E-state index contributed by atoms with van der Waals surface area (Å²) >= 11 is 0. The van der Waals surface area contributed by atoms with Crippen molar-refractivity contribution in [2.24, 2.45) is 4.99 Å². The summed E-state index contributed by atoms with van der Waals surface area (Å²) in [6, 6.07) is 3.74. The average molecular weight is 293 g/mol. The van der Waals surface area contributed by atoms with Crippen LogP contribution in [0.4, 0.5) is 0 Å². The standard InChI is InChI=1S/C15H23N3O3/c1-18-8-7-17-15(18)16-6-5-12-13(20-3)9-11(19-2)10-14(12)21-4/h9-10H,5-8H2,1-4H3,(H,16,17). The van der Waals surface area contributed by atoms with Crippen molar-refractivity contribution in [3.8, 4) is 17.2 Å². The highest BCUT2D eigenvalue weighted by Crippen LogP contribution is 2.34. The van der Waals surface area contributed by atoms with Gasteiger partial charge < -0.3 is 24.4 Å². The predicted octanol–water partition coefficient (Wildman–Crippen LogP) is 1.15. The van der Waals surface area contributed by atoms with E-state index in [1.54, 1.807) is 21.3 Å². The molecule has 1 aromatic rings. The Labute approximate surface area is 125 Å². The summed E-state index contributed by atoms with van der Waals surface area (Å²) in [6.07, 6.45) is 0.781. The maximum atomic E-state index is 5.45. The fourth-order valence-corrected chi connectivity index (χ4v) is 2.35. The van der Waals surface area contributed by atoms with E-state index in [-0.39, 0.29) is 0 Å². The lowest BCUT2D eigenvalue weighted by Gasteiger charge is -2.17. The zero-order valence-corrected chi connectivity index (χ0v) is 13.1. The Morgan fingerprint density at radius 3 is 2.29 bits per heavy atom. The lowest BCUT2D eigenvalue weighted by molar-refractivity contribution is 0.368. The lowest BCUT2D eigenvalue weighted by Crippen LogP contribution is -2.36. The number of guanidine groups is 1. The lowest BCUT2D eigenvalue weighted by atomic mass is 10.1. The van der Waals surface area contributed by atoms with E-state index in [0.29, 0.717) is 0 Å². The molecule has 0 radical (unpaired) electrons. The van der Waals surface area contributed by atoms with Crippen molar-refractivity contribution in [3.05, 3.63) is 17.7 Å². The van der Waals surface area contributed by atoms with Crippen molar-refractivity contribution in [1.82, 2.24) is 10.2 Å². The van der Waals surface area contributed by atoms with Gasteiger partial charge in [0.05, 0.1) is 27.9 Å². The first-order chi connectivity index (χ1) is 10.2. The van der Waals surface area contributed by atoms with E-state index >= 15 is 0 Å². The van der Waals surface area contributed by atoms with E-state index in [1.165, 1.54) is 0 Å². The molecular weight excluding hydrogens is 270 g/mol. The van der Waals surface area contributed by atoms with Gasteiger partial charge in [0.2, 0.25) is 0 Å². The van der Waals surface area contributed by atoms with Crippen LogP contribution < -0.4 is 19.5 Å². The third kappa shape index (κ3) is 3.51. The SMILES string of the molecule is COc1cc(OC)c(CCNC2=NCCN2C)c(OC)c1. The largest absolute Gasteiger partial charge is 0.496 e. The Balaban J connectivity index is 2.07. The van der Waals surface area contributed by atoms with Gasteiger partial charge in [-0.1, -0.05) is 0 Å². The van der Waals surface area contributed by atoms with Crippen LogP contribution in [0.3, 0.4) is 0 Å². The number of nitrogens with zero attached hydrogens (tertiary/aromatic N) is 2. The molecule has 2 rings (SSSR count). The molecule has 0 saturated heterocycles. The van der Waals surface area contributed by atoms with Gasteiger partial charge in [-0.15, -0.1) is 0 Å². The second-order valence-electron chi connectivity index (χ2n) is 4.81. The van der Waals surface area contributed by atoms with Crippen LogP contribution in [0, 0.1) is 0 Å². The molecule has 6 nitrogen and oxygen atoms in total. The summed E-state index contributed by atoms with van der Waals surface area (Å²) in [6.45, 7) is 2.59. The zero-order valence-electron chi connectivity index (χ0n) is 13.1. The number of hydrogen-bond donors (Lipinski definition) is 1. The minimum atomic E-state index is 0.723. The third-order valence-electron chi connectivity index (χ3n) is 3.53. The van der Waals surface area contributed by atoms with Crippen LogP contribution in [-0.4, -0.2) is 58.9 Å². The molecule has 0 atom stereocenters. The van der Waals surface area contributed by atoms with E-state index in [2.05, 4.69) is 15.2 Å². The second-order valence-corrected chi connectivity index (χ2v) is 4.81. The van der Waals surface area contributed by atoms with Gasteiger partial charge >= 0.3 is 0 Å². The molecule has 116 valence electrons. The molecule has 6 heteroatoms. The maximum absolute atomic E-state index is 5.45. The Hall–Kier alpha value is -2.11. The molecule has 0 spiro atoms. The highest BCUT2D eigenvalue weighted by atomic mass is 16.5. The van der Waals surface area contributed by atoms with Crippen LogP contribution in [0.2, 0.25) is 0 Å². The molecule has 0 aliphatic carbocycles. The number of nitrogens with one attached hydrogen (secondary N) is 1. The molecule has 0 unspecified atom stereocenters. The van der Waals surface area contributed by atoms with Gasteiger partial charge in [0.1, 0.15) is 17.2 Å². The van der Waals surface area contributed by atoms with Crippen molar-refractivity contribution < 1.29 is 14.2 Å². The smallest absolute Gasteiger partial charge is 0.193 e. The van der Waals surface area contributed by atoms with Crippen molar-refractivity contribution in [2.45, 2.75) is 6.42 Å². The van der Waals surface area contributed by atoms with Gasteiger partial charge in [-0.2, -0.15) is 0 Å². The normalized spacial score (nSPS) is 13.9. The van der Waals surface area contributed by atoms with Crippen LogP contribution in [0.25, 0.3) is 0 Å². The summed E-state index contributed by atoms with van der Waals surface area (Å²) in [5.74, 6) is 3.21. The van der Waals surface area contributed by atoms with Gasteiger partial charge in [-0.3, -0.25) is 4.99 Å².